The van der Waals surface area contributed by atoms with Crippen LogP contribution in [0.1, 0.15) is 38.3 Å². The molecule has 0 saturated carbocycles. The summed E-state index contributed by atoms with van der Waals surface area (Å²) in [6.07, 6.45) is 0.772. The first-order valence-electron chi connectivity index (χ1n) is 10.1. The monoisotopic (exact) mass is 484 g/mol. The van der Waals surface area contributed by atoms with Crippen LogP contribution in [0.3, 0.4) is 0 Å². The molecule has 8 heteroatoms. The third kappa shape index (κ3) is 7.41. The Morgan fingerprint density at radius 2 is 1.74 bits per heavy atom. The average Bonchev–Trinajstić information content (AvgIpc) is 2.74. The van der Waals surface area contributed by atoms with Gasteiger partial charge >= 0.3 is 0 Å². The molecule has 2 rings (SSSR count). The lowest BCUT2D eigenvalue weighted by atomic mass is 10.1. The Morgan fingerprint density at radius 3 is 2.35 bits per heavy atom. The van der Waals surface area contributed by atoms with Crippen LogP contribution in [0.4, 0.5) is 4.39 Å². The lowest BCUT2D eigenvalue weighted by Crippen LogP contribution is -2.50. The number of nitrogens with one attached hydrogen (secondary N) is 1. The fourth-order valence-corrected chi connectivity index (χ4v) is 4.50. The van der Waals surface area contributed by atoms with Crippen LogP contribution >= 0.6 is 35.0 Å². The standard InChI is InChI=1S/C23H27Cl2FN2O2S/c1-4-15(2)27-23(30)16(3)28(12-17-8-5-6-11-21(17)26)22(29)14-31-13-18-19(24)9-7-10-20(18)25/h5-11,15-16H,4,12-14H2,1-3H3,(H,27,30). The Bertz CT molecular complexity index is 893. The molecule has 2 atom stereocenters. The first kappa shape index (κ1) is 25.5. The molecular formula is C23H27Cl2FN2O2S. The average molecular weight is 485 g/mol. The van der Waals surface area contributed by atoms with E-state index in [1.807, 2.05) is 13.8 Å². The lowest BCUT2D eigenvalue weighted by molar-refractivity contribution is -0.139. The van der Waals surface area contributed by atoms with E-state index < -0.39 is 11.9 Å². The molecule has 4 nitrogen and oxygen atoms in total. The zero-order valence-electron chi connectivity index (χ0n) is 17.8. The van der Waals surface area contributed by atoms with E-state index in [-0.39, 0.29) is 30.2 Å². The van der Waals surface area contributed by atoms with Crippen molar-refractivity contribution >= 4 is 46.8 Å². The largest absolute Gasteiger partial charge is 0.352 e. The second-order valence-electron chi connectivity index (χ2n) is 7.30. The van der Waals surface area contributed by atoms with Gasteiger partial charge in [0.1, 0.15) is 11.9 Å². The summed E-state index contributed by atoms with van der Waals surface area (Å²) in [5.41, 5.74) is 1.12. The number of nitrogens with zero attached hydrogens (tertiary/aromatic N) is 1. The van der Waals surface area contributed by atoms with Crippen molar-refractivity contribution in [1.29, 1.82) is 0 Å². The van der Waals surface area contributed by atoms with Crippen molar-refractivity contribution in [3.05, 3.63) is 69.5 Å². The van der Waals surface area contributed by atoms with Crippen molar-refractivity contribution < 1.29 is 14.0 Å². The van der Waals surface area contributed by atoms with Gasteiger partial charge < -0.3 is 10.2 Å². The van der Waals surface area contributed by atoms with Gasteiger partial charge in [-0.15, -0.1) is 11.8 Å². The Hall–Kier alpha value is -1.76. The third-order valence-corrected chi connectivity index (χ3v) is 6.65. The van der Waals surface area contributed by atoms with Crippen LogP contribution in [-0.4, -0.2) is 34.6 Å². The topological polar surface area (TPSA) is 49.4 Å². The predicted octanol–water partition coefficient (Wildman–Crippen LogP) is 5.70. The molecule has 168 valence electrons. The SMILES string of the molecule is CCC(C)NC(=O)C(C)N(Cc1ccccc1F)C(=O)CSCc1c(Cl)cccc1Cl. The maximum absolute atomic E-state index is 14.2. The molecule has 0 spiro atoms. The Balaban J connectivity index is 2.13. The number of benzene rings is 2. The number of carbonyl (C=O) groups excluding carboxylic acids is 2. The summed E-state index contributed by atoms with van der Waals surface area (Å²) in [5, 5.41) is 3.97. The maximum atomic E-state index is 14.2. The van der Waals surface area contributed by atoms with Crippen LogP contribution in [0, 0.1) is 5.82 Å². The van der Waals surface area contributed by atoms with Crippen LogP contribution in [0.15, 0.2) is 42.5 Å². The van der Waals surface area contributed by atoms with E-state index in [0.717, 1.165) is 12.0 Å². The number of rotatable bonds is 10. The van der Waals surface area contributed by atoms with Crippen LogP contribution in [0.5, 0.6) is 0 Å². The normalized spacial score (nSPS) is 12.8. The van der Waals surface area contributed by atoms with Crippen LogP contribution in [0.2, 0.25) is 10.0 Å². The summed E-state index contributed by atoms with van der Waals surface area (Å²) in [6.45, 7) is 5.53. The number of hydrogen-bond acceptors (Lipinski definition) is 3. The van der Waals surface area contributed by atoms with Crippen molar-refractivity contribution in [2.24, 2.45) is 0 Å². The molecule has 0 saturated heterocycles. The molecule has 0 radical (unpaired) electrons. The zero-order valence-corrected chi connectivity index (χ0v) is 20.2. The molecule has 0 aliphatic rings. The highest BCUT2D eigenvalue weighted by atomic mass is 35.5. The molecule has 0 fully saturated rings. The van der Waals surface area contributed by atoms with E-state index in [9.17, 15) is 14.0 Å². The summed E-state index contributed by atoms with van der Waals surface area (Å²) in [4.78, 5) is 27.1. The highest BCUT2D eigenvalue weighted by Gasteiger charge is 2.27. The van der Waals surface area contributed by atoms with Crippen LogP contribution in [-0.2, 0) is 21.9 Å². The van der Waals surface area contributed by atoms with E-state index in [2.05, 4.69) is 5.32 Å². The molecule has 0 aromatic heterocycles. The third-order valence-electron chi connectivity index (χ3n) is 5.00. The molecule has 0 heterocycles. The van der Waals surface area contributed by atoms with E-state index in [1.54, 1.807) is 43.3 Å². The van der Waals surface area contributed by atoms with Gasteiger partial charge in [0.05, 0.1) is 5.75 Å². The first-order valence-corrected chi connectivity index (χ1v) is 12.0. The first-order chi connectivity index (χ1) is 14.7. The zero-order chi connectivity index (χ0) is 23.0. The minimum atomic E-state index is -0.745. The van der Waals surface area contributed by atoms with E-state index in [0.29, 0.717) is 21.4 Å². The second-order valence-corrected chi connectivity index (χ2v) is 9.10. The van der Waals surface area contributed by atoms with Crippen molar-refractivity contribution in [2.75, 3.05) is 5.75 Å². The number of carbonyl (C=O) groups is 2. The lowest BCUT2D eigenvalue weighted by Gasteiger charge is -2.29. The van der Waals surface area contributed by atoms with Crippen molar-refractivity contribution in [2.45, 2.75) is 51.6 Å². The predicted molar refractivity (Wildman–Crippen MR) is 127 cm³/mol. The minimum Gasteiger partial charge on any atom is -0.352 e. The molecule has 2 aromatic rings. The minimum absolute atomic E-state index is 0.00795. The van der Waals surface area contributed by atoms with E-state index >= 15 is 0 Å². The number of amides is 2. The molecule has 0 bridgehead atoms. The number of halogens is 3. The fourth-order valence-electron chi connectivity index (χ4n) is 2.85. The van der Waals surface area contributed by atoms with Gasteiger partial charge in [-0.1, -0.05) is 54.4 Å². The fraction of sp³-hybridized carbons (Fsp3) is 0.391. The van der Waals surface area contributed by atoms with Crippen LogP contribution < -0.4 is 5.32 Å². The van der Waals surface area contributed by atoms with Gasteiger partial charge in [0, 0.05) is 33.9 Å². The Labute approximate surface area is 197 Å². The van der Waals surface area contributed by atoms with Gasteiger partial charge in [0.15, 0.2) is 0 Å². The molecule has 2 unspecified atom stereocenters. The summed E-state index contributed by atoms with van der Waals surface area (Å²) in [6, 6.07) is 10.8. The van der Waals surface area contributed by atoms with Crippen LogP contribution in [0.25, 0.3) is 0 Å². The summed E-state index contributed by atoms with van der Waals surface area (Å²) >= 11 is 13.7. The van der Waals surface area contributed by atoms with E-state index in [4.69, 9.17) is 23.2 Å². The number of hydrogen-bond donors (Lipinski definition) is 1. The smallest absolute Gasteiger partial charge is 0.242 e. The summed E-state index contributed by atoms with van der Waals surface area (Å²) in [5.74, 6) is -0.380. The molecule has 1 N–H and O–H groups in total. The van der Waals surface area contributed by atoms with Gasteiger partial charge in [0.25, 0.3) is 0 Å². The van der Waals surface area contributed by atoms with E-state index in [1.165, 1.54) is 22.7 Å². The Kier molecular flexibility index (Phi) is 10.1. The highest BCUT2D eigenvalue weighted by Crippen LogP contribution is 2.28. The Morgan fingerprint density at radius 1 is 1.10 bits per heavy atom. The highest BCUT2D eigenvalue weighted by molar-refractivity contribution is 7.99. The second kappa shape index (κ2) is 12.3. The molecule has 0 aliphatic heterocycles. The summed E-state index contributed by atoms with van der Waals surface area (Å²) in [7, 11) is 0. The van der Waals surface area contributed by atoms with Crippen molar-refractivity contribution in [3.63, 3.8) is 0 Å². The molecule has 0 aliphatic carbocycles. The maximum Gasteiger partial charge on any atom is 0.242 e. The molecular weight excluding hydrogens is 458 g/mol. The van der Waals surface area contributed by atoms with Crippen molar-refractivity contribution in [1.82, 2.24) is 10.2 Å². The molecule has 2 aromatic carbocycles. The molecule has 31 heavy (non-hydrogen) atoms. The van der Waals surface area contributed by atoms with Crippen molar-refractivity contribution in [3.8, 4) is 0 Å². The van der Waals surface area contributed by atoms with Gasteiger partial charge in [-0.05, 0) is 44.0 Å². The molecule has 2 amide bonds. The van der Waals surface area contributed by atoms with Gasteiger partial charge in [-0.3, -0.25) is 9.59 Å². The van der Waals surface area contributed by atoms with Gasteiger partial charge in [0.2, 0.25) is 11.8 Å². The summed E-state index contributed by atoms with van der Waals surface area (Å²) < 4.78 is 14.2. The quantitative estimate of drug-likeness (QED) is 0.470. The van der Waals surface area contributed by atoms with Gasteiger partial charge in [-0.2, -0.15) is 0 Å². The number of thioether (sulfide) groups is 1. The van der Waals surface area contributed by atoms with Gasteiger partial charge in [-0.25, -0.2) is 4.39 Å².